The number of hydrogen-bond acceptors (Lipinski definition) is 2. The molecule has 0 radical (unpaired) electrons. The van der Waals surface area contributed by atoms with E-state index in [1.807, 2.05) is 0 Å². The van der Waals surface area contributed by atoms with Crippen LogP contribution in [0.2, 0.25) is 0 Å². The van der Waals surface area contributed by atoms with Gasteiger partial charge in [-0.3, -0.25) is 4.79 Å². The van der Waals surface area contributed by atoms with Crippen molar-refractivity contribution in [3.05, 3.63) is 0 Å². The molecule has 18 heavy (non-hydrogen) atoms. The average molecular weight is 266 g/mol. The fourth-order valence-electron chi connectivity index (χ4n) is 2.86. The first-order valence-corrected chi connectivity index (χ1v) is 6.27. The lowest BCUT2D eigenvalue weighted by Gasteiger charge is -2.30. The summed E-state index contributed by atoms with van der Waals surface area (Å²) in [7, 11) is 0. The van der Waals surface area contributed by atoms with Gasteiger partial charge in [-0.2, -0.15) is 13.2 Å². The van der Waals surface area contributed by atoms with Crippen LogP contribution in [-0.4, -0.2) is 30.0 Å². The Morgan fingerprint density at radius 2 is 2.06 bits per heavy atom. The maximum Gasteiger partial charge on any atom is 0.389 e. The zero-order valence-corrected chi connectivity index (χ0v) is 10.0. The molecule has 0 spiro atoms. The van der Waals surface area contributed by atoms with Gasteiger partial charge in [-0.05, 0) is 38.0 Å². The molecule has 2 rings (SSSR count). The van der Waals surface area contributed by atoms with E-state index in [4.69, 9.17) is 4.74 Å². The fourth-order valence-corrected chi connectivity index (χ4v) is 2.86. The van der Waals surface area contributed by atoms with Crippen LogP contribution in [0.5, 0.6) is 0 Å². The number of hydrogen-bond donors (Lipinski definition) is 1. The predicted octanol–water partition coefficient (Wildman–Crippen LogP) is 2.99. The SMILES string of the molecule is O=C(O)C1(CCCC(F)(F)F)CCOC1C1CC1. The Kier molecular flexibility index (Phi) is 3.58. The van der Waals surface area contributed by atoms with Crippen LogP contribution in [0.3, 0.4) is 0 Å². The molecule has 0 amide bonds. The van der Waals surface area contributed by atoms with E-state index in [0.717, 1.165) is 12.8 Å². The lowest BCUT2D eigenvalue weighted by molar-refractivity contribution is -0.157. The molecule has 104 valence electrons. The molecule has 1 aliphatic heterocycles. The van der Waals surface area contributed by atoms with Crippen molar-refractivity contribution in [1.29, 1.82) is 0 Å². The van der Waals surface area contributed by atoms with Crippen LogP contribution in [0.15, 0.2) is 0 Å². The molecule has 1 aliphatic carbocycles. The maximum atomic E-state index is 12.1. The smallest absolute Gasteiger partial charge is 0.389 e. The van der Waals surface area contributed by atoms with Crippen LogP contribution >= 0.6 is 0 Å². The van der Waals surface area contributed by atoms with Crippen molar-refractivity contribution in [3.63, 3.8) is 0 Å². The Hall–Kier alpha value is -0.780. The van der Waals surface area contributed by atoms with E-state index in [2.05, 4.69) is 0 Å². The normalized spacial score (nSPS) is 32.7. The lowest BCUT2D eigenvalue weighted by Crippen LogP contribution is -2.40. The van der Waals surface area contributed by atoms with Gasteiger partial charge in [0.05, 0.1) is 11.5 Å². The first-order chi connectivity index (χ1) is 8.35. The Labute approximate surface area is 103 Å². The number of ether oxygens (including phenoxy) is 1. The third kappa shape index (κ3) is 2.79. The molecule has 2 aliphatic rings. The molecule has 1 N–H and O–H groups in total. The van der Waals surface area contributed by atoms with Gasteiger partial charge in [0.2, 0.25) is 0 Å². The molecule has 2 fully saturated rings. The van der Waals surface area contributed by atoms with E-state index in [1.54, 1.807) is 0 Å². The highest BCUT2D eigenvalue weighted by atomic mass is 19.4. The summed E-state index contributed by atoms with van der Waals surface area (Å²) in [5.41, 5.74) is -1.09. The number of alkyl halides is 3. The molecular formula is C12H17F3O3. The van der Waals surface area contributed by atoms with Crippen molar-refractivity contribution in [2.75, 3.05) is 6.61 Å². The van der Waals surface area contributed by atoms with Crippen molar-refractivity contribution in [3.8, 4) is 0 Å². The highest BCUT2D eigenvalue weighted by molar-refractivity contribution is 5.76. The zero-order chi connectivity index (χ0) is 13.4. The third-order valence-electron chi connectivity index (χ3n) is 3.95. The Balaban J connectivity index is 2.00. The van der Waals surface area contributed by atoms with Gasteiger partial charge in [0, 0.05) is 13.0 Å². The highest BCUT2D eigenvalue weighted by Gasteiger charge is 2.55. The summed E-state index contributed by atoms with van der Waals surface area (Å²) in [4.78, 5) is 11.5. The van der Waals surface area contributed by atoms with Gasteiger partial charge in [0.15, 0.2) is 0 Å². The van der Waals surface area contributed by atoms with Crippen LogP contribution < -0.4 is 0 Å². The summed E-state index contributed by atoms with van der Waals surface area (Å²) in [6.07, 6.45) is -3.40. The quantitative estimate of drug-likeness (QED) is 0.832. The molecule has 0 aromatic heterocycles. The van der Waals surface area contributed by atoms with Gasteiger partial charge in [-0.1, -0.05) is 0 Å². The summed E-state index contributed by atoms with van der Waals surface area (Å²) >= 11 is 0. The van der Waals surface area contributed by atoms with Gasteiger partial charge < -0.3 is 9.84 Å². The summed E-state index contributed by atoms with van der Waals surface area (Å²) in [6.45, 7) is 0.347. The molecule has 2 unspecified atom stereocenters. The predicted molar refractivity (Wildman–Crippen MR) is 57.1 cm³/mol. The minimum absolute atomic E-state index is 0.0585. The molecule has 2 atom stereocenters. The van der Waals surface area contributed by atoms with Crippen LogP contribution in [0.4, 0.5) is 13.2 Å². The van der Waals surface area contributed by atoms with Gasteiger partial charge >= 0.3 is 12.1 Å². The standard InChI is InChI=1S/C12H17F3O3/c13-12(14,15)5-1-4-11(10(16)17)6-7-18-9(11)8-2-3-8/h8-9H,1-7H2,(H,16,17). The average Bonchev–Trinajstić information content (AvgIpc) is 2.98. The zero-order valence-electron chi connectivity index (χ0n) is 10.0. The van der Waals surface area contributed by atoms with Crippen molar-refractivity contribution < 1.29 is 27.8 Å². The van der Waals surface area contributed by atoms with E-state index >= 15 is 0 Å². The monoisotopic (exact) mass is 266 g/mol. The Morgan fingerprint density at radius 1 is 1.39 bits per heavy atom. The molecule has 1 saturated carbocycles. The van der Waals surface area contributed by atoms with Crippen molar-refractivity contribution in [1.82, 2.24) is 0 Å². The minimum Gasteiger partial charge on any atom is -0.481 e. The van der Waals surface area contributed by atoms with E-state index in [1.165, 1.54) is 0 Å². The molecule has 3 nitrogen and oxygen atoms in total. The van der Waals surface area contributed by atoms with Gasteiger partial charge in [0.1, 0.15) is 0 Å². The molecule has 0 bridgehead atoms. The van der Waals surface area contributed by atoms with Gasteiger partial charge in [0.25, 0.3) is 0 Å². The first-order valence-electron chi connectivity index (χ1n) is 6.27. The van der Waals surface area contributed by atoms with E-state index in [0.29, 0.717) is 13.0 Å². The summed E-state index contributed by atoms with van der Waals surface area (Å²) in [5, 5.41) is 9.38. The second-order valence-corrected chi connectivity index (χ2v) is 5.31. The highest BCUT2D eigenvalue weighted by Crippen LogP contribution is 2.50. The van der Waals surface area contributed by atoms with Crippen LogP contribution in [0.1, 0.15) is 38.5 Å². The molecule has 6 heteroatoms. The number of carboxylic acids is 1. The summed E-state index contributed by atoms with van der Waals surface area (Å²) in [6, 6.07) is 0. The van der Waals surface area contributed by atoms with Crippen molar-refractivity contribution >= 4 is 5.97 Å². The van der Waals surface area contributed by atoms with E-state index < -0.39 is 24.0 Å². The van der Waals surface area contributed by atoms with Gasteiger partial charge in [-0.25, -0.2) is 0 Å². The van der Waals surface area contributed by atoms with Crippen LogP contribution in [-0.2, 0) is 9.53 Å². The molecule has 0 aromatic carbocycles. The van der Waals surface area contributed by atoms with Crippen molar-refractivity contribution in [2.45, 2.75) is 50.8 Å². The van der Waals surface area contributed by atoms with Gasteiger partial charge in [-0.15, -0.1) is 0 Å². The first kappa shape index (κ1) is 13.6. The minimum atomic E-state index is -4.21. The Morgan fingerprint density at radius 3 is 2.56 bits per heavy atom. The number of halogens is 3. The topological polar surface area (TPSA) is 46.5 Å². The molecule has 0 aromatic rings. The summed E-state index contributed by atoms with van der Waals surface area (Å²) in [5.74, 6) is -0.770. The van der Waals surface area contributed by atoms with Crippen LogP contribution in [0, 0.1) is 11.3 Å². The number of rotatable bonds is 5. The lowest BCUT2D eigenvalue weighted by atomic mass is 9.75. The molecular weight excluding hydrogens is 249 g/mol. The van der Waals surface area contributed by atoms with E-state index in [-0.39, 0.29) is 24.9 Å². The number of carboxylic acid groups (broad SMARTS) is 1. The largest absolute Gasteiger partial charge is 0.481 e. The van der Waals surface area contributed by atoms with Crippen LogP contribution in [0.25, 0.3) is 0 Å². The molecule has 1 saturated heterocycles. The fraction of sp³-hybridized carbons (Fsp3) is 0.917. The van der Waals surface area contributed by atoms with Crippen molar-refractivity contribution in [2.24, 2.45) is 11.3 Å². The second kappa shape index (κ2) is 4.72. The number of aliphatic carboxylic acids is 1. The third-order valence-corrected chi connectivity index (χ3v) is 3.95. The Bertz CT molecular complexity index is 325. The second-order valence-electron chi connectivity index (χ2n) is 5.31. The summed E-state index contributed by atoms with van der Waals surface area (Å²) < 4.78 is 41.9. The number of carbonyl (C=O) groups is 1. The molecule has 1 heterocycles. The maximum absolute atomic E-state index is 12.1. The van der Waals surface area contributed by atoms with E-state index in [9.17, 15) is 23.1 Å².